The van der Waals surface area contributed by atoms with Crippen molar-refractivity contribution in [1.82, 2.24) is 4.57 Å². The van der Waals surface area contributed by atoms with E-state index in [0.717, 1.165) is 32.6 Å². The zero-order valence-electron chi connectivity index (χ0n) is 8.69. The number of hydrogen-bond donors (Lipinski definition) is 1. The van der Waals surface area contributed by atoms with Crippen LogP contribution in [0.25, 0.3) is 0 Å². The second kappa shape index (κ2) is 4.49. The maximum absolute atomic E-state index is 11.5. The fourth-order valence-electron chi connectivity index (χ4n) is 1.90. The highest BCUT2D eigenvalue weighted by Gasteiger charge is 2.14. The van der Waals surface area contributed by atoms with E-state index in [0.29, 0.717) is 11.6 Å². The number of anilines is 1. The van der Waals surface area contributed by atoms with E-state index in [1.165, 1.54) is 6.07 Å². The van der Waals surface area contributed by atoms with Gasteiger partial charge in [0.1, 0.15) is 0 Å². The molecule has 0 atom stereocenters. The molecular weight excluding hydrogens is 192 g/mol. The molecule has 1 saturated heterocycles. The van der Waals surface area contributed by atoms with Crippen LogP contribution in [-0.2, 0) is 11.3 Å². The molecule has 0 bridgehead atoms. The standard InChI is InChI=1S/C11H16N2O2/c12-10-1-2-11(14)13(8-10)7-9-3-5-15-6-4-9/h1-2,8-9H,3-7,12H2. The third-order valence-corrected chi connectivity index (χ3v) is 2.80. The fourth-order valence-corrected chi connectivity index (χ4v) is 1.90. The highest BCUT2D eigenvalue weighted by Crippen LogP contribution is 2.16. The van der Waals surface area contributed by atoms with E-state index in [4.69, 9.17) is 10.5 Å². The third-order valence-electron chi connectivity index (χ3n) is 2.80. The van der Waals surface area contributed by atoms with Gasteiger partial charge in [0.15, 0.2) is 0 Å². The Labute approximate surface area is 88.7 Å². The lowest BCUT2D eigenvalue weighted by Crippen LogP contribution is -2.26. The van der Waals surface area contributed by atoms with Gasteiger partial charge in [-0.2, -0.15) is 0 Å². The molecule has 2 heterocycles. The predicted octanol–water partition coefficient (Wildman–Crippen LogP) is 0.857. The maximum atomic E-state index is 11.5. The minimum absolute atomic E-state index is 0.0238. The van der Waals surface area contributed by atoms with E-state index < -0.39 is 0 Å². The second-order valence-electron chi connectivity index (χ2n) is 4.01. The molecule has 1 aromatic rings. The van der Waals surface area contributed by atoms with Gasteiger partial charge in [-0.1, -0.05) is 0 Å². The molecule has 4 nitrogen and oxygen atoms in total. The van der Waals surface area contributed by atoms with Gasteiger partial charge >= 0.3 is 0 Å². The monoisotopic (exact) mass is 208 g/mol. The molecular formula is C11H16N2O2. The highest BCUT2D eigenvalue weighted by molar-refractivity contribution is 5.33. The predicted molar refractivity (Wildman–Crippen MR) is 58.7 cm³/mol. The number of ether oxygens (including phenoxy) is 1. The molecule has 0 unspecified atom stereocenters. The quantitative estimate of drug-likeness (QED) is 0.784. The molecule has 15 heavy (non-hydrogen) atoms. The van der Waals surface area contributed by atoms with Crippen molar-refractivity contribution in [3.05, 3.63) is 28.7 Å². The zero-order valence-corrected chi connectivity index (χ0v) is 8.69. The Morgan fingerprint density at radius 1 is 1.40 bits per heavy atom. The van der Waals surface area contributed by atoms with Crippen LogP contribution >= 0.6 is 0 Å². The van der Waals surface area contributed by atoms with Crippen LogP contribution in [0.3, 0.4) is 0 Å². The SMILES string of the molecule is Nc1ccc(=O)n(CC2CCOCC2)c1. The first-order valence-electron chi connectivity index (χ1n) is 5.29. The van der Waals surface area contributed by atoms with Crippen molar-refractivity contribution >= 4 is 5.69 Å². The van der Waals surface area contributed by atoms with E-state index in [2.05, 4.69) is 0 Å². The van der Waals surface area contributed by atoms with Crippen LogP contribution < -0.4 is 11.3 Å². The lowest BCUT2D eigenvalue weighted by Gasteiger charge is -2.22. The molecule has 2 rings (SSSR count). The minimum atomic E-state index is 0.0238. The lowest BCUT2D eigenvalue weighted by atomic mass is 10.0. The second-order valence-corrected chi connectivity index (χ2v) is 4.01. The molecule has 0 radical (unpaired) electrons. The Balaban J connectivity index is 2.09. The fraction of sp³-hybridized carbons (Fsp3) is 0.545. The van der Waals surface area contributed by atoms with Crippen molar-refractivity contribution < 1.29 is 4.74 Å². The largest absolute Gasteiger partial charge is 0.398 e. The van der Waals surface area contributed by atoms with Gasteiger partial charge in [-0.25, -0.2) is 0 Å². The molecule has 2 N–H and O–H groups in total. The van der Waals surface area contributed by atoms with Crippen LogP contribution in [0.2, 0.25) is 0 Å². The number of nitrogens with zero attached hydrogens (tertiary/aromatic N) is 1. The molecule has 0 spiro atoms. The number of nitrogen functional groups attached to an aromatic ring is 1. The molecule has 0 aromatic carbocycles. The first-order chi connectivity index (χ1) is 7.25. The van der Waals surface area contributed by atoms with Gasteiger partial charge in [0.05, 0.1) is 0 Å². The van der Waals surface area contributed by atoms with Crippen LogP contribution in [0.5, 0.6) is 0 Å². The number of pyridine rings is 1. The van der Waals surface area contributed by atoms with Crippen LogP contribution in [0.1, 0.15) is 12.8 Å². The molecule has 4 heteroatoms. The van der Waals surface area contributed by atoms with Gasteiger partial charge in [-0.15, -0.1) is 0 Å². The van der Waals surface area contributed by atoms with Gasteiger partial charge < -0.3 is 15.0 Å². The number of rotatable bonds is 2. The smallest absolute Gasteiger partial charge is 0.250 e. The van der Waals surface area contributed by atoms with E-state index in [1.807, 2.05) is 0 Å². The molecule has 1 fully saturated rings. The van der Waals surface area contributed by atoms with Crippen molar-refractivity contribution in [2.24, 2.45) is 5.92 Å². The Morgan fingerprint density at radius 3 is 2.87 bits per heavy atom. The zero-order chi connectivity index (χ0) is 10.7. The summed E-state index contributed by atoms with van der Waals surface area (Å²) in [5, 5.41) is 0. The number of nitrogens with two attached hydrogens (primary N) is 1. The highest BCUT2D eigenvalue weighted by atomic mass is 16.5. The minimum Gasteiger partial charge on any atom is -0.398 e. The third kappa shape index (κ3) is 2.59. The summed E-state index contributed by atoms with van der Waals surface area (Å²) in [4.78, 5) is 11.5. The summed E-state index contributed by atoms with van der Waals surface area (Å²) in [5.74, 6) is 0.540. The summed E-state index contributed by atoms with van der Waals surface area (Å²) in [7, 11) is 0. The molecule has 0 aliphatic carbocycles. The molecule has 0 saturated carbocycles. The number of aromatic nitrogens is 1. The summed E-state index contributed by atoms with van der Waals surface area (Å²) in [5.41, 5.74) is 6.31. The molecule has 82 valence electrons. The van der Waals surface area contributed by atoms with Crippen molar-refractivity contribution in [3.63, 3.8) is 0 Å². The summed E-state index contributed by atoms with van der Waals surface area (Å²) in [6, 6.07) is 3.16. The van der Waals surface area contributed by atoms with Crippen LogP contribution in [0.4, 0.5) is 5.69 Å². The number of hydrogen-bond acceptors (Lipinski definition) is 3. The van der Waals surface area contributed by atoms with E-state index in [1.54, 1.807) is 16.8 Å². The van der Waals surface area contributed by atoms with Gasteiger partial charge in [-0.3, -0.25) is 4.79 Å². The molecule has 1 aromatic heterocycles. The van der Waals surface area contributed by atoms with Crippen LogP contribution in [-0.4, -0.2) is 17.8 Å². The van der Waals surface area contributed by atoms with Crippen LogP contribution in [0, 0.1) is 5.92 Å². The normalized spacial score (nSPS) is 17.9. The Morgan fingerprint density at radius 2 is 2.13 bits per heavy atom. The Bertz CT molecular complexity index is 380. The Kier molecular flexibility index (Phi) is 3.06. The van der Waals surface area contributed by atoms with Gasteiger partial charge in [0, 0.05) is 37.7 Å². The summed E-state index contributed by atoms with van der Waals surface area (Å²) < 4.78 is 6.98. The van der Waals surface area contributed by atoms with Crippen LogP contribution in [0.15, 0.2) is 23.1 Å². The summed E-state index contributed by atoms with van der Waals surface area (Å²) in [6.45, 7) is 2.37. The summed E-state index contributed by atoms with van der Waals surface area (Å²) >= 11 is 0. The average molecular weight is 208 g/mol. The van der Waals surface area contributed by atoms with E-state index in [9.17, 15) is 4.79 Å². The van der Waals surface area contributed by atoms with Gasteiger partial charge in [0.25, 0.3) is 5.56 Å². The molecule has 0 amide bonds. The van der Waals surface area contributed by atoms with Gasteiger partial charge in [-0.05, 0) is 24.8 Å². The summed E-state index contributed by atoms with van der Waals surface area (Å²) in [6.07, 6.45) is 3.78. The van der Waals surface area contributed by atoms with E-state index >= 15 is 0 Å². The first kappa shape index (κ1) is 10.2. The van der Waals surface area contributed by atoms with Crippen molar-refractivity contribution in [2.75, 3.05) is 18.9 Å². The first-order valence-corrected chi connectivity index (χ1v) is 5.29. The topological polar surface area (TPSA) is 57.2 Å². The lowest BCUT2D eigenvalue weighted by molar-refractivity contribution is 0.0610. The Hall–Kier alpha value is -1.29. The van der Waals surface area contributed by atoms with E-state index in [-0.39, 0.29) is 5.56 Å². The average Bonchev–Trinajstić information content (AvgIpc) is 2.25. The molecule has 1 aliphatic rings. The maximum Gasteiger partial charge on any atom is 0.250 e. The van der Waals surface area contributed by atoms with Gasteiger partial charge in [0.2, 0.25) is 0 Å². The van der Waals surface area contributed by atoms with Crippen molar-refractivity contribution in [1.29, 1.82) is 0 Å². The van der Waals surface area contributed by atoms with Crippen molar-refractivity contribution in [2.45, 2.75) is 19.4 Å². The molecule has 1 aliphatic heterocycles. The van der Waals surface area contributed by atoms with Crippen molar-refractivity contribution in [3.8, 4) is 0 Å².